The van der Waals surface area contributed by atoms with Gasteiger partial charge in [-0.3, -0.25) is 4.98 Å². The molecule has 0 amide bonds. The fraction of sp³-hybridized carbons (Fsp3) is 0.127. The van der Waals surface area contributed by atoms with E-state index in [1.54, 1.807) is 18.3 Å². The van der Waals surface area contributed by atoms with Crippen LogP contribution in [0.2, 0.25) is 0 Å². The number of imidazole rings is 1. The predicted octanol–water partition coefficient (Wildman–Crippen LogP) is 14.8. The van der Waals surface area contributed by atoms with Gasteiger partial charge >= 0.3 is 0 Å². The quantitative estimate of drug-likeness (QED) is 0.150. The van der Waals surface area contributed by atoms with Crippen molar-refractivity contribution in [2.75, 3.05) is 0 Å². The molecule has 1 radical (unpaired) electrons. The van der Waals surface area contributed by atoms with Crippen LogP contribution in [0.4, 0.5) is 0 Å². The summed E-state index contributed by atoms with van der Waals surface area (Å²) >= 11 is 0. The number of aryl methyl sites for hydroxylation is 1. The minimum absolute atomic E-state index is 0. The van der Waals surface area contributed by atoms with E-state index in [2.05, 4.69) is 122 Å². The number of fused-ring (bicyclic) bond motifs is 4. The maximum Gasteiger partial charge on any atom is 0.121 e. The van der Waals surface area contributed by atoms with Crippen molar-refractivity contribution in [2.45, 2.75) is 46.4 Å². The van der Waals surface area contributed by atoms with Crippen LogP contribution >= 0.6 is 0 Å². The first-order valence-corrected chi connectivity index (χ1v) is 20.1. The van der Waals surface area contributed by atoms with E-state index in [-0.39, 0.29) is 37.5 Å². The summed E-state index contributed by atoms with van der Waals surface area (Å²) in [6.45, 7) is 6.77. The molecule has 4 nitrogen and oxygen atoms in total. The topological polar surface area (TPSA) is 43.9 Å². The van der Waals surface area contributed by atoms with Crippen molar-refractivity contribution in [3.63, 3.8) is 0 Å². The van der Waals surface area contributed by atoms with Gasteiger partial charge in [0.25, 0.3) is 0 Å². The molecule has 7 aromatic carbocycles. The molecule has 60 heavy (non-hydrogen) atoms. The van der Waals surface area contributed by atoms with E-state index in [0.29, 0.717) is 11.2 Å². The molecule has 3 heterocycles. The first-order valence-electron chi connectivity index (χ1n) is 21.6. The third kappa shape index (κ3) is 7.87. The van der Waals surface area contributed by atoms with Crippen molar-refractivity contribution in [1.29, 1.82) is 0 Å². The monoisotopic (exact) mass is 959 g/mol. The number of nitrogens with zero attached hydrogens (tertiary/aromatic N) is 3. The standard InChI is InChI=1S/C44H37N2O.C11H8N.Ir/c1-27(2)37-25-33(32-21-19-31(20-22-32)30-12-7-6-8-13-30)26-38(28(3)4)42(37)46-40-17-10-9-16-39(40)45-44(46)36-15-11-14-35-34-23-18-29(5)24-41(34)47-43(35)36;1-2-6-10(7-3-1)11-8-4-5-9-12-11;/h6-14,16-28H,1-5H3;1-6,8-9H;/q2*-1;/i5D3;;. The van der Waals surface area contributed by atoms with E-state index in [1.165, 1.54) is 33.4 Å². The summed E-state index contributed by atoms with van der Waals surface area (Å²) in [6.07, 6.45) is 1.79. The van der Waals surface area contributed by atoms with Gasteiger partial charge in [-0.25, -0.2) is 0 Å². The Morgan fingerprint density at radius 1 is 0.617 bits per heavy atom. The molecule has 10 aromatic rings. The van der Waals surface area contributed by atoms with Gasteiger partial charge < -0.3 is 14.0 Å². The fourth-order valence-electron chi connectivity index (χ4n) is 7.87. The van der Waals surface area contributed by atoms with Crippen molar-refractivity contribution in [2.24, 2.45) is 0 Å². The molecule has 0 aliphatic carbocycles. The number of para-hydroxylation sites is 2. The molecule has 0 N–H and O–H groups in total. The number of pyridine rings is 1. The van der Waals surface area contributed by atoms with E-state index < -0.39 is 6.85 Å². The van der Waals surface area contributed by atoms with Crippen LogP contribution in [-0.2, 0) is 20.1 Å². The van der Waals surface area contributed by atoms with Crippen LogP contribution in [0.5, 0.6) is 0 Å². The number of furan rings is 1. The summed E-state index contributed by atoms with van der Waals surface area (Å²) in [4.78, 5) is 9.46. The molecular formula is C55H45IrN3O-2. The number of hydrogen-bond donors (Lipinski definition) is 0. The summed E-state index contributed by atoms with van der Waals surface area (Å²) in [5, 5.41) is 1.76. The Kier molecular flexibility index (Phi) is 10.7. The molecule has 10 rings (SSSR count). The van der Waals surface area contributed by atoms with Gasteiger partial charge in [0.15, 0.2) is 0 Å². The summed E-state index contributed by atoms with van der Waals surface area (Å²) in [6, 6.07) is 61.5. The maximum absolute atomic E-state index is 7.94. The Labute approximate surface area is 370 Å². The van der Waals surface area contributed by atoms with Gasteiger partial charge in [0.1, 0.15) is 5.58 Å². The van der Waals surface area contributed by atoms with Crippen molar-refractivity contribution >= 4 is 33.0 Å². The van der Waals surface area contributed by atoms with Gasteiger partial charge in [-0.1, -0.05) is 130 Å². The molecule has 0 aliphatic rings. The SMILES string of the molecule is [2H]C([2H])([2H])c1ccc2c(c1)oc1c(-c3nc4ccccc4n3-c3c(C(C)C)cc(-c4ccc(-c5ccccc5)cc4)cc3C(C)C)[c-]ccc12.[Ir].[c-]1ccccc1-c1ccccn1. The average Bonchev–Trinajstić information content (AvgIpc) is 3.88. The Morgan fingerprint density at radius 3 is 1.98 bits per heavy atom. The molecule has 0 atom stereocenters. The average molecular weight is 959 g/mol. The molecular weight excluding hydrogens is 911 g/mol. The Hall–Kier alpha value is -6.39. The predicted molar refractivity (Wildman–Crippen MR) is 245 cm³/mol. The Bertz CT molecular complexity index is 3090. The van der Waals surface area contributed by atoms with E-state index in [4.69, 9.17) is 13.5 Å². The molecule has 0 fully saturated rings. The van der Waals surface area contributed by atoms with Gasteiger partial charge in [0.05, 0.1) is 22.4 Å². The summed E-state index contributed by atoms with van der Waals surface area (Å²) in [7, 11) is 0. The second-order valence-electron chi connectivity index (χ2n) is 15.4. The van der Waals surface area contributed by atoms with Gasteiger partial charge in [-0.05, 0) is 99.7 Å². The second-order valence-corrected chi connectivity index (χ2v) is 15.4. The van der Waals surface area contributed by atoms with Crippen LogP contribution in [0.1, 0.15) is 60.3 Å². The molecule has 0 aliphatic heterocycles. The van der Waals surface area contributed by atoms with Gasteiger partial charge in [-0.2, -0.15) is 0 Å². The van der Waals surface area contributed by atoms with Crippen molar-refractivity contribution < 1.29 is 28.6 Å². The van der Waals surface area contributed by atoms with Crippen LogP contribution in [0, 0.1) is 19.0 Å². The summed E-state index contributed by atoms with van der Waals surface area (Å²) in [5.74, 6) is 1.16. The molecule has 3 aromatic heterocycles. The Morgan fingerprint density at radius 2 is 1.30 bits per heavy atom. The molecule has 0 saturated carbocycles. The van der Waals surface area contributed by atoms with E-state index >= 15 is 0 Å². The number of aromatic nitrogens is 3. The van der Waals surface area contributed by atoms with Gasteiger partial charge in [-0.15, -0.1) is 54.1 Å². The molecule has 0 saturated heterocycles. The number of rotatable bonds is 7. The number of hydrogen-bond acceptors (Lipinski definition) is 3. The van der Waals surface area contributed by atoms with Crippen molar-refractivity contribution in [3.8, 4) is 50.6 Å². The second kappa shape index (κ2) is 17.5. The van der Waals surface area contributed by atoms with E-state index in [9.17, 15) is 0 Å². The van der Waals surface area contributed by atoms with E-state index in [1.807, 2.05) is 78.9 Å². The van der Waals surface area contributed by atoms with Gasteiger partial charge in [0.2, 0.25) is 0 Å². The first kappa shape index (κ1) is 36.7. The Balaban J connectivity index is 0.000000361. The largest absolute Gasteiger partial charge is 0.501 e. The van der Waals surface area contributed by atoms with Crippen LogP contribution < -0.4 is 0 Å². The van der Waals surface area contributed by atoms with Crippen LogP contribution in [0.3, 0.4) is 0 Å². The third-order valence-electron chi connectivity index (χ3n) is 10.8. The summed E-state index contributed by atoms with van der Waals surface area (Å²) in [5.41, 5.74) is 14.4. The molecule has 5 heteroatoms. The van der Waals surface area contributed by atoms with Crippen molar-refractivity contribution in [3.05, 3.63) is 199 Å². The smallest absolute Gasteiger partial charge is 0.121 e. The first-order chi connectivity index (χ1) is 30.0. The van der Waals surface area contributed by atoms with Crippen LogP contribution in [0.25, 0.3) is 83.6 Å². The maximum atomic E-state index is 7.94. The van der Waals surface area contributed by atoms with Crippen molar-refractivity contribution in [1.82, 2.24) is 14.5 Å². The minimum Gasteiger partial charge on any atom is -0.501 e. The number of benzene rings is 7. The van der Waals surface area contributed by atoms with E-state index in [0.717, 1.165) is 50.1 Å². The zero-order valence-electron chi connectivity index (χ0n) is 36.9. The molecule has 297 valence electrons. The van der Waals surface area contributed by atoms with Crippen LogP contribution in [0.15, 0.2) is 174 Å². The zero-order valence-corrected chi connectivity index (χ0v) is 36.3. The normalized spacial score (nSPS) is 12.2. The minimum atomic E-state index is -2.23. The van der Waals surface area contributed by atoms with Gasteiger partial charge in [0, 0.05) is 41.5 Å². The molecule has 0 spiro atoms. The molecule has 0 unspecified atom stereocenters. The fourth-order valence-corrected chi connectivity index (χ4v) is 7.87. The summed E-state index contributed by atoms with van der Waals surface area (Å²) < 4.78 is 32.6. The van der Waals surface area contributed by atoms with Crippen LogP contribution in [-0.4, -0.2) is 14.5 Å². The zero-order chi connectivity index (χ0) is 43.0. The third-order valence-corrected chi connectivity index (χ3v) is 10.8. The molecule has 0 bridgehead atoms.